The standard InChI is InChI=1S/C12H12F3N3O/c1-19-8-4-2-3-7-9(8)17-10(16)18(7)11(5-6-11)12(13,14)15/h2-4H,5-6H2,1H3,(H2,16,17). The number of nitrogen functional groups attached to an aromatic ring is 1. The van der Waals surface area contributed by atoms with Gasteiger partial charge in [-0.25, -0.2) is 4.98 Å². The highest BCUT2D eigenvalue weighted by atomic mass is 19.4. The minimum absolute atomic E-state index is 0.0311. The van der Waals surface area contributed by atoms with E-state index in [2.05, 4.69) is 4.98 Å². The largest absolute Gasteiger partial charge is 0.494 e. The zero-order valence-corrected chi connectivity index (χ0v) is 10.2. The van der Waals surface area contributed by atoms with E-state index in [0.717, 1.165) is 4.57 Å². The molecule has 0 atom stereocenters. The smallest absolute Gasteiger partial charge is 0.412 e. The van der Waals surface area contributed by atoms with Crippen LogP contribution < -0.4 is 10.5 Å². The van der Waals surface area contributed by atoms with Gasteiger partial charge in [-0.1, -0.05) is 6.07 Å². The van der Waals surface area contributed by atoms with Gasteiger partial charge >= 0.3 is 6.18 Å². The summed E-state index contributed by atoms with van der Waals surface area (Å²) in [6.07, 6.45) is -4.27. The van der Waals surface area contributed by atoms with Crippen LogP contribution in [0.2, 0.25) is 0 Å². The van der Waals surface area contributed by atoms with Crippen LogP contribution in [0.5, 0.6) is 5.75 Å². The van der Waals surface area contributed by atoms with E-state index < -0.39 is 11.7 Å². The Morgan fingerprint density at radius 2 is 2.05 bits per heavy atom. The summed E-state index contributed by atoms with van der Waals surface area (Å²) in [6.45, 7) is 0. The summed E-state index contributed by atoms with van der Waals surface area (Å²) in [7, 11) is 1.45. The Kier molecular flexibility index (Phi) is 2.27. The molecule has 1 aromatic heterocycles. The van der Waals surface area contributed by atoms with Crippen LogP contribution in [0.4, 0.5) is 19.1 Å². The zero-order valence-electron chi connectivity index (χ0n) is 10.2. The van der Waals surface area contributed by atoms with Crippen LogP contribution in [0.25, 0.3) is 11.0 Å². The highest BCUT2D eigenvalue weighted by molar-refractivity contribution is 5.85. The Balaban J connectivity index is 2.29. The normalized spacial score (nSPS) is 17.7. The first-order valence-electron chi connectivity index (χ1n) is 5.79. The van der Waals surface area contributed by atoms with Gasteiger partial charge in [-0.15, -0.1) is 0 Å². The SMILES string of the molecule is COc1cccc2c1nc(N)n2C1(C(F)(F)F)CC1. The monoisotopic (exact) mass is 271 g/mol. The van der Waals surface area contributed by atoms with Crippen molar-refractivity contribution < 1.29 is 17.9 Å². The van der Waals surface area contributed by atoms with Gasteiger partial charge in [0.2, 0.25) is 5.95 Å². The first-order chi connectivity index (χ1) is 8.90. The van der Waals surface area contributed by atoms with Crippen molar-refractivity contribution >= 4 is 17.0 Å². The third-order valence-corrected chi connectivity index (χ3v) is 3.57. The fraction of sp³-hybridized carbons (Fsp3) is 0.417. The van der Waals surface area contributed by atoms with Gasteiger partial charge in [0.1, 0.15) is 16.8 Å². The van der Waals surface area contributed by atoms with Crippen molar-refractivity contribution in [2.75, 3.05) is 12.8 Å². The highest BCUT2D eigenvalue weighted by Gasteiger charge is 2.66. The Morgan fingerprint density at radius 3 is 2.58 bits per heavy atom. The third-order valence-electron chi connectivity index (χ3n) is 3.57. The summed E-state index contributed by atoms with van der Waals surface area (Å²) >= 11 is 0. The van der Waals surface area contributed by atoms with Crippen molar-refractivity contribution in [3.05, 3.63) is 18.2 Å². The number of rotatable bonds is 2. The van der Waals surface area contributed by atoms with Crippen molar-refractivity contribution in [1.29, 1.82) is 0 Å². The predicted molar refractivity (Wildman–Crippen MR) is 64.0 cm³/mol. The van der Waals surface area contributed by atoms with E-state index in [1.54, 1.807) is 18.2 Å². The average Bonchev–Trinajstić information content (AvgIpc) is 3.06. The van der Waals surface area contributed by atoms with E-state index in [9.17, 15) is 13.2 Å². The van der Waals surface area contributed by atoms with Gasteiger partial charge in [-0.3, -0.25) is 4.57 Å². The molecule has 0 bridgehead atoms. The number of para-hydroxylation sites is 1. The van der Waals surface area contributed by atoms with Crippen LogP contribution in [-0.2, 0) is 5.54 Å². The lowest BCUT2D eigenvalue weighted by atomic mass is 10.2. The number of fused-ring (bicyclic) bond motifs is 1. The number of benzene rings is 1. The number of anilines is 1. The van der Waals surface area contributed by atoms with Crippen LogP contribution >= 0.6 is 0 Å². The maximum Gasteiger partial charge on any atom is 0.412 e. The Labute approximate surface area is 107 Å². The van der Waals surface area contributed by atoms with Gasteiger partial charge < -0.3 is 10.5 Å². The van der Waals surface area contributed by atoms with Gasteiger partial charge in [-0.05, 0) is 25.0 Å². The maximum atomic E-state index is 13.2. The quantitative estimate of drug-likeness (QED) is 0.913. The molecule has 2 aromatic rings. The van der Waals surface area contributed by atoms with Gasteiger partial charge in [-0.2, -0.15) is 13.2 Å². The Hall–Kier alpha value is -1.92. The molecule has 1 heterocycles. The number of methoxy groups -OCH3 is 1. The van der Waals surface area contributed by atoms with Crippen molar-refractivity contribution in [2.24, 2.45) is 0 Å². The molecular weight excluding hydrogens is 259 g/mol. The molecule has 1 aromatic carbocycles. The molecular formula is C12H12F3N3O. The molecule has 1 saturated carbocycles. The average molecular weight is 271 g/mol. The van der Waals surface area contributed by atoms with Gasteiger partial charge in [0.25, 0.3) is 0 Å². The number of halogens is 3. The molecule has 1 fully saturated rings. The number of nitrogens with zero attached hydrogens (tertiary/aromatic N) is 2. The van der Waals surface area contributed by atoms with Crippen LogP contribution in [0.1, 0.15) is 12.8 Å². The highest BCUT2D eigenvalue weighted by Crippen LogP contribution is 2.57. The Bertz CT molecular complexity index is 643. The maximum absolute atomic E-state index is 13.2. The first-order valence-corrected chi connectivity index (χ1v) is 5.79. The van der Waals surface area contributed by atoms with Crippen molar-refractivity contribution in [2.45, 2.75) is 24.6 Å². The summed E-state index contributed by atoms with van der Waals surface area (Å²) in [6, 6.07) is 4.85. The number of ether oxygens (including phenoxy) is 1. The molecule has 7 heteroatoms. The summed E-state index contributed by atoms with van der Waals surface area (Å²) in [4.78, 5) is 4.02. The first kappa shape index (κ1) is 12.1. The molecule has 0 saturated heterocycles. The van der Waals surface area contributed by atoms with E-state index >= 15 is 0 Å². The number of hydrogen-bond donors (Lipinski definition) is 1. The molecule has 0 amide bonds. The molecule has 0 unspecified atom stereocenters. The second-order valence-electron chi connectivity index (χ2n) is 4.66. The molecule has 1 aliphatic rings. The lowest BCUT2D eigenvalue weighted by molar-refractivity contribution is -0.178. The third kappa shape index (κ3) is 1.50. The van der Waals surface area contributed by atoms with Crippen molar-refractivity contribution in [3.63, 3.8) is 0 Å². The van der Waals surface area contributed by atoms with Crippen LogP contribution in [0.15, 0.2) is 18.2 Å². The minimum Gasteiger partial charge on any atom is -0.494 e. The molecule has 0 spiro atoms. The van der Waals surface area contributed by atoms with Crippen LogP contribution in [0.3, 0.4) is 0 Å². The van der Waals surface area contributed by atoms with Gasteiger partial charge in [0, 0.05) is 0 Å². The zero-order chi connectivity index (χ0) is 13.8. The van der Waals surface area contributed by atoms with E-state index in [0.29, 0.717) is 16.8 Å². The fourth-order valence-electron chi connectivity index (χ4n) is 2.46. The molecule has 2 N–H and O–H groups in total. The van der Waals surface area contributed by atoms with Crippen molar-refractivity contribution in [1.82, 2.24) is 9.55 Å². The van der Waals surface area contributed by atoms with Crippen LogP contribution in [0, 0.1) is 0 Å². The second kappa shape index (κ2) is 3.55. The van der Waals surface area contributed by atoms with E-state index in [1.807, 2.05) is 0 Å². The van der Waals surface area contributed by atoms with Crippen molar-refractivity contribution in [3.8, 4) is 5.75 Å². The minimum atomic E-state index is -4.34. The number of alkyl halides is 3. The molecule has 0 radical (unpaired) electrons. The number of imidazole rings is 1. The van der Waals surface area contributed by atoms with Gasteiger partial charge in [0.15, 0.2) is 0 Å². The molecule has 1 aliphatic carbocycles. The number of hydrogen-bond acceptors (Lipinski definition) is 3. The molecule has 3 rings (SSSR count). The fourth-order valence-corrected chi connectivity index (χ4v) is 2.46. The molecule has 4 nitrogen and oxygen atoms in total. The van der Waals surface area contributed by atoms with Crippen LogP contribution in [-0.4, -0.2) is 22.8 Å². The lowest BCUT2D eigenvalue weighted by Gasteiger charge is -2.22. The molecule has 0 aliphatic heterocycles. The summed E-state index contributed by atoms with van der Waals surface area (Å²) in [5, 5.41) is 0. The Morgan fingerprint density at radius 1 is 1.37 bits per heavy atom. The summed E-state index contributed by atoms with van der Waals surface area (Å²) in [5.41, 5.74) is 4.50. The van der Waals surface area contributed by atoms with E-state index in [1.165, 1.54) is 7.11 Å². The number of nitrogens with two attached hydrogens (primary N) is 1. The molecule has 19 heavy (non-hydrogen) atoms. The lowest BCUT2D eigenvalue weighted by Crippen LogP contribution is -2.35. The summed E-state index contributed by atoms with van der Waals surface area (Å²) < 4.78 is 45.8. The predicted octanol–water partition coefficient (Wildman–Crippen LogP) is 2.68. The second-order valence-corrected chi connectivity index (χ2v) is 4.66. The topological polar surface area (TPSA) is 53.1 Å². The van der Waals surface area contributed by atoms with E-state index in [4.69, 9.17) is 10.5 Å². The van der Waals surface area contributed by atoms with E-state index in [-0.39, 0.29) is 18.8 Å². The number of aromatic nitrogens is 2. The molecule has 102 valence electrons. The van der Waals surface area contributed by atoms with Gasteiger partial charge in [0.05, 0.1) is 12.6 Å². The summed E-state index contributed by atoms with van der Waals surface area (Å²) in [5.74, 6) is 0.287.